The lowest BCUT2D eigenvalue weighted by atomic mass is 10.1. The molecule has 7 heteroatoms. The van der Waals surface area contributed by atoms with Crippen LogP contribution in [-0.4, -0.2) is 49.5 Å². The molecule has 0 spiro atoms. The van der Waals surface area contributed by atoms with Crippen LogP contribution in [0.15, 0.2) is 18.2 Å². The van der Waals surface area contributed by atoms with E-state index in [9.17, 15) is 9.59 Å². The second kappa shape index (κ2) is 7.47. The zero-order valence-corrected chi connectivity index (χ0v) is 13.2. The highest BCUT2D eigenvalue weighted by Gasteiger charge is 2.35. The average Bonchev–Trinajstić information content (AvgIpc) is 3.01. The van der Waals surface area contributed by atoms with Gasteiger partial charge in [0.05, 0.1) is 12.7 Å². The van der Waals surface area contributed by atoms with Crippen molar-refractivity contribution in [2.24, 2.45) is 5.73 Å². The number of amides is 2. The van der Waals surface area contributed by atoms with E-state index in [0.717, 1.165) is 6.42 Å². The van der Waals surface area contributed by atoms with Crippen LogP contribution in [0.25, 0.3) is 0 Å². The molecule has 0 aliphatic carbocycles. The Morgan fingerprint density at radius 2 is 2.27 bits per heavy atom. The quantitative estimate of drug-likeness (QED) is 0.846. The molecular weight excluding hydrogens is 306 g/mol. The van der Waals surface area contributed by atoms with Gasteiger partial charge in [-0.05, 0) is 31.0 Å². The number of likely N-dealkylation sites (tertiary alicyclic amines) is 1. The number of ether oxygens (including phenoxy) is 1. The summed E-state index contributed by atoms with van der Waals surface area (Å²) >= 11 is 5.97. The van der Waals surface area contributed by atoms with E-state index in [1.165, 1.54) is 7.11 Å². The van der Waals surface area contributed by atoms with E-state index < -0.39 is 6.04 Å². The minimum absolute atomic E-state index is 0.169. The maximum Gasteiger partial charge on any atom is 0.258 e. The molecule has 1 atom stereocenters. The third kappa shape index (κ3) is 3.51. The maximum absolute atomic E-state index is 12.8. The van der Waals surface area contributed by atoms with Crippen molar-refractivity contribution in [1.82, 2.24) is 10.2 Å². The normalized spacial score (nSPS) is 17.4. The van der Waals surface area contributed by atoms with E-state index >= 15 is 0 Å². The molecule has 1 aliphatic heterocycles. The lowest BCUT2D eigenvalue weighted by molar-refractivity contribution is -0.124. The van der Waals surface area contributed by atoms with Crippen LogP contribution in [0.5, 0.6) is 5.75 Å². The fourth-order valence-electron chi connectivity index (χ4n) is 2.60. The Morgan fingerprint density at radius 3 is 2.95 bits per heavy atom. The molecular formula is C15H20ClN3O3. The van der Waals surface area contributed by atoms with E-state index in [1.54, 1.807) is 23.1 Å². The summed E-state index contributed by atoms with van der Waals surface area (Å²) in [5.41, 5.74) is 5.76. The van der Waals surface area contributed by atoms with Crippen LogP contribution in [0.3, 0.4) is 0 Å². The predicted molar refractivity (Wildman–Crippen MR) is 84.1 cm³/mol. The minimum Gasteiger partial charge on any atom is -0.496 e. The summed E-state index contributed by atoms with van der Waals surface area (Å²) in [4.78, 5) is 26.5. The smallest absolute Gasteiger partial charge is 0.258 e. The molecule has 0 bridgehead atoms. The number of hydrogen-bond acceptors (Lipinski definition) is 4. The van der Waals surface area contributed by atoms with Gasteiger partial charge in [-0.15, -0.1) is 0 Å². The van der Waals surface area contributed by atoms with Crippen LogP contribution in [0.1, 0.15) is 23.2 Å². The Morgan fingerprint density at radius 1 is 1.50 bits per heavy atom. The number of nitrogens with zero attached hydrogens (tertiary/aromatic N) is 1. The number of benzene rings is 1. The summed E-state index contributed by atoms with van der Waals surface area (Å²) in [5.74, 6) is 0.0319. The first-order chi connectivity index (χ1) is 10.6. The van der Waals surface area contributed by atoms with Gasteiger partial charge in [-0.25, -0.2) is 0 Å². The molecule has 1 unspecified atom stereocenters. The Kier molecular flexibility index (Phi) is 5.63. The topological polar surface area (TPSA) is 84.7 Å². The molecule has 2 amide bonds. The molecule has 1 aromatic rings. The fraction of sp³-hybridized carbons (Fsp3) is 0.467. The van der Waals surface area contributed by atoms with Crippen LogP contribution in [0.4, 0.5) is 0 Å². The van der Waals surface area contributed by atoms with Crippen LogP contribution >= 0.6 is 11.6 Å². The van der Waals surface area contributed by atoms with Crippen molar-refractivity contribution in [3.05, 3.63) is 28.8 Å². The maximum atomic E-state index is 12.8. The Bertz CT molecular complexity index is 565. The molecule has 3 N–H and O–H groups in total. The third-order valence-electron chi connectivity index (χ3n) is 3.65. The second-order valence-corrected chi connectivity index (χ2v) is 5.52. The third-order valence-corrected chi connectivity index (χ3v) is 3.89. The molecule has 6 nitrogen and oxygen atoms in total. The van der Waals surface area contributed by atoms with Gasteiger partial charge in [0.15, 0.2) is 0 Å². The van der Waals surface area contributed by atoms with Gasteiger partial charge in [-0.2, -0.15) is 0 Å². The molecule has 0 radical (unpaired) electrons. The summed E-state index contributed by atoms with van der Waals surface area (Å²) in [6.07, 6.45) is 1.43. The molecule has 1 aliphatic rings. The van der Waals surface area contributed by atoms with Crippen molar-refractivity contribution in [2.45, 2.75) is 18.9 Å². The van der Waals surface area contributed by atoms with E-state index in [4.69, 9.17) is 22.1 Å². The molecule has 1 saturated heterocycles. The predicted octanol–water partition coefficient (Wildman–Crippen LogP) is 1.03. The highest BCUT2D eigenvalue weighted by molar-refractivity contribution is 6.31. The summed E-state index contributed by atoms with van der Waals surface area (Å²) in [6.45, 7) is 1.31. The zero-order chi connectivity index (χ0) is 16.1. The summed E-state index contributed by atoms with van der Waals surface area (Å²) < 4.78 is 5.22. The first-order valence-electron chi connectivity index (χ1n) is 7.20. The number of carbonyl (C=O) groups is 2. The fourth-order valence-corrected chi connectivity index (χ4v) is 2.77. The lowest BCUT2D eigenvalue weighted by Gasteiger charge is -2.24. The number of hydrogen-bond donors (Lipinski definition) is 2. The van der Waals surface area contributed by atoms with Crippen molar-refractivity contribution >= 4 is 23.4 Å². The average molecular weight is 326 g/mol. The number of nitrogens with two attached hydrogens (primary N) is 1. The van der Waals surface area contributed by atoms with Crippen molar-refractivity contribution in [3.8, 4) is 5.75 Å². The van der Waals surface area contributed by atoms with Crippen molar-refractivity contribution < 1.29 is 14.3 Å². The number of methoxy groups -OCH3 is 1. The Balaban J connectivity index is 2.21. The van der Waals surface area contributed by atoms with Gasteiger partial charge in [-0.1, -0.05) is 11.6 Å². The largest absolute Gasteiger partial charge is 0.496 e. The summed E-state index contributed by atoms with van der Waals surface area (Å²) in [6, 6.07) is 4.40. The first-order valence-corrected chi connectivity index (χ1v) is 7.58. The van der Waals surface area contributed by atoms with Crippen molar-refractivity contribution in [2.75, 3.05) is 26.7 Å². The first kappa shape index (κ1) is 16.6. The van der Waals surface area contributed by atoms with Crippen molar-refractivity contribution in [3.63, 3.8) is 0 Å². The Hall–Kier alpha value is -1.79. The molecule has 0 aromatic heterocycles. The lowest BCUT2D eigenvalue weighted by Crippen LogP contribution is -2.47. The summed E-state index contributed by atoms with van der Waals surface area (Å²) in [7, 11) is 1.50. The van der Waals surface area contributed by atoms with Gasteiger partial charge >= 0.3 is 0 Å². The molecule has 0 saturated carbocycles. The van der Waals surface area contributed by atoms with Gasteiger partial charge in [-0.3, -0.25) is 9.59 Å². The molecule has 1 fully saturated rings. The Labute approximate surface area is 134 Å². The molecule has 1 heterocycles. The van der Waals surface area contributed by atoms with E-state index in [0.29, 0.717) is 42.4 Å². The number of halogens is 1. The number of rotatable bonds is 5. The van der Waals surface area contributed by atoms with Crippen molar-refractivity contribution in [1.29, 1.82) is 0 Å². The van der Waals surface area contributed by atoms with Gasteiger partial charge in [0.1, 0.15) is 11.8 Å². The standard InChI is InChI=1S/C15H20ClN3O3/c1-22-13-5-4-10(16)9-11(13)15(21)19-8-2-3-12(19)14(20)18-7-6-17/h4-5,9,12H,2-3,6-8,17H2,1H3,(H,18,20). The SMILES string of the molecule is COc1ccc(Cl)cc1C(=O)N1CCCC1C(=O)NCCN. The second-order valence-electron chi connectivity index (χ2n) is 5.08. The van der Waals surface area contributed by atoms with Gasteiger partial charge in [0, 0.05) is 24.7 Å². The van der Waals surface area contributed by atoms with E-state index in [2.05, 4.69) is 5.32 Å². The van der Waals surface area contributed by atoms with Crippen LogP contribution < -0.4 is 15.8 Å². The highest BCUT2D eigenvalue weighted by atomic mass is 35.5. The number of nitrogens with one attached hydrogen (secondary N) is 1. The molecule has 2 rings (SSSR count). The highest BCUT2D eigenvalue weighted by Crippen LogP contribution is 2.27. The molecule has 120 valence electrons. The van der Waals surface area contributed by atoms with E-state index in [-0.39, 0.29) is 11.8 Å². The monoisotopic (exact) mass is 325 g/mol. The summed E-state index contributed by atoms with van der Waals surface area (Å²) in [5, 5.41) is 3.19. The van der Waals surface area contributed by atoms with Crippen LogP contribution in [0.2, 0.25) is 5.02 Å². The van der Waals surface area contributed by atoms with E-state index in [1.807, 2.05) is 0 Å². The van der Waals surface area contributed by atoms with Crippen LogP contribution in [0, 0.1) is 0 Å². The minimum atomic E-state index is -0.470. The molecule has 1 aromatic carbocycles. The zero-order valence-electron chi connectivity index (χ0n) is 12.5. The van der Waals surface area contributed by atoms with Crippen LogP contribution in [-0.2, 0) is 4.79 Å². The molecule has 22 heavy (non-hydrogen) atoms. The van der Waals surface area contributed by atoms with Gasteiger partial charge in [0.2, 0.25) is 5.91 Å². The van der Waals surface area contributed by atoms with Gasteiger partial charge < -0.3 is 20.7 Å². The van der Waals surface area contributed by atoms with Gasteiger partial charge in [0.25, 0.3) is 5.91 Å². The number of carbonyl (C=O) groups excluding carboxylic acids is 2.